The number of carbonyl (C=O) groups is 1. The second-order valence-electron chi connectivity index (χ2n) is 6.45. The van der Waals surface area contributed by atoms with Gasteiger partial charge < -0.3 is 8.98 Å². The Balaban J connectivity index is 1.90. The lowest BCUT2D eigenvalue weighted by molar-refractivity contribution is 0.0972. The van der Waals surface area contributed by atoms with Crippen LogP contribution in [0.5, 0.6) is 0 Å². The molecule has 0 atom stereocenters. The van der Waals surface area contributed by atoms with Crippen LogP contribution in [0.15, 0.2) is 56.7 Å². The first kappa shape index (κ1) is 17.4. The van der Waals surface area contributed by atoms with Crippen molar-refractivity contribution in [2.24, 2.45) is 4.99 Å². The van der Waals surface area contributed by atoms with Gasteiger partial charge in [-0.15, -0.1) is 0 Å². The van der Waals surface area contributed by atoms with Crippen LogP contribution in [0, 0.1) is 13.8 Å². The number of aromatic nitrogens is 1. The molecule has 4 rings (SSSR count). The fourth-order valence-electron chi connectivity index (χ4n) is 3.25. The molecule has 136 valence electrons. The summed E-state index contributed by atoms with van der Waals surface area (Å²) < 4.78 is 8.74. The van der Waals surface area contributed by atoms with Crippen LogP contribution >= 0.6 is 11.3 Å². The largest absolute Gasteiger partial charge is 0.451 e. The van der Waals surface area contributed by atoms with Crippen LogP contribution in [0.4, 0.5) is 0 Å². The molecule has 4 aromatic rings. The number of carbonyl (C=O) groups excluding carboxylic acids is 1. The topological polar surface area (TPSA) is 64.6 Å². The van der Waals surface area contributed by atoms with Crippen LogP contribution in [0.2, 0.25) is 0 Å². The zero-order chi connectivity index (χ0) is 19.1. The molecule has 0 aliphatic heterocycles. The first-order valence-electron chi connectivity index (χ1n) is 8.70. The number of thiazole rings is 1. The van der Waals surface area contributed by atoms with E-state index in [0.29, 0.717) is 22.3 Å². The molecular formula is C21H18N2O3S. The van der Waals surface area contributed by atoms with Crippen molar-refractivity contribution in [3.8, 4) is 0 Å². The number of aryl methyl sites for hydroxylation is 3. The number of para-hydroxylation sites is 1. The molecule has 6 heteroatoms. The Morgan fingerprint density at radius 1 is 1.19 bits per heavy atom. The molecule has 2 aromatic carbocycles. The monoisotopic (exact) mass is 378 g/mol. The van der Waals surface area contributed by atoms with E-state index in [4.69, 9.17) is 4.42 Å². The van der Waals surface area contributed by atoms with E-state index >= 15 is 0 Å². The molecule has 0 aliphatic rings. The maximum Gasteiger partial charge on any atom is 0.315 e. The first-order valence-corrected chi connectivity index (χ1v) is 9.52. The van der Waals surface area contributed by atoms with Gasteiger partial charge in [0.05, 0.1) is 15.6 Å². The number of nitrogens with zero attached hydrogens (tertiary/aromatic N) is 2. The predicted octanol–water partition coefficient (Wildman–Crippen LogP) is 4.19. The van der Waals surface area contributed by atoms with Crippen molar-refractivity contribution in [2.45, 2.75) is 27.3 Å². The van der Waals surface area contributed by atoms with Gasteiger partial charge in [-0.1, -0.05) is 29.5 Å². The molecular weight excluding hydrogens is 360 g/mol. The van der Waals surface area contributed by atoms with E-state index in [2.05, 4.69) is 31.0 Å². The van der Waals surface area contributed by atoms with Crippen LogP contribution in [-0.4, -0.2) is 10.5 Å². The molecule has 0 fully saturated rings. The summed E-state index contributed by atoms with van der Waals surface area (Å²) in [5, 5.41) is 0.450. The van der Waals surface area contributed by atoms with Crippen LogP contribution in [0.3, 0.4) is 0 Å². The van der Waals surface area contributed by atoms with Gasteiger partial charge in [0.1, 0.15) is 5.58 Å². The van der Waals surface area contributed by atoms with Crippen molar-refractivity contribution in [1.29, 1.82) is 0 Å². The summed E-state index contributed by atoms with van der Waals surface area (Å²) in [7, 11) is 0. The van der Waals surface area contributed by atoms with Gasteiger partial charge in [-0.05, 0) is 50.1 Å². The lowest BCUT2D eigenvalue weighted by atomic mass is 10.1. The fraction of sp³-hybridized carbons (Fsp3) is 0.190. The molecule has 2 aromatic heterocycles. The Kier molecular flexibility index (Phi) is 4.28. The van der Waals surface area contributed by atoms with Gasteiger partial charge in [-0.25, -0.2) is 0 Å². The third-order valence-corrected chi connectivity index (χ3v) is 5.70. The fourth-order valence-corrected chi connectivity index (χ4v) is 4.40. The molecule has 0 spiro atoms. The molecule has 0 unspecified atom stereocenters. The van der Waals surface area contributed by atoms with Crippen molar-refractivity contribution in [3.05, 3.63) is 74.4 Å². The highest BCUT2D eigenvalue weighted by Gasteiger charge is 2.14. The highest BCUT2D eigenvalue weighted by Crippen LogP contribution is 2.23. The first-order chi connectivity index (χ1) is 13.0. The maximum atomic E-state index is 12.7. The van der Waals surface area contributed by atoms with Crippen molar-refractivity contribution >= 4 is 38.4 Å². The number of hydrogen-bond donors (Lipinski definition) is 0. The quantitative estimate of drug-likeness (QED) is 0.525. The van der Waals surface area contributed by atoms with Crippen molar-refractivity contribution in [1.82, 2.24) is 4.57 Å². The average Bonchev–Trinajstić information content (AvgIpc) is 2.99. The Bertz CT molecular complexity index is 1330. The summed E-state index contributed by atoms with van der Waals surface area (Å²) in [6, 6.07) is 12.3. The van der Waals surface area contributed by atoms with Gasteiger partial charge in [0.25, 0.3) is 0 Å². The normalized spacial score (nSPS) is 12.2. The molecule has 0 bridgehead atoms. The lowest BCUT2D eigenvalue weighted by Gasteiger charge is -2.03. The molecule has 0 saturated carbocycles. The smallest absolute Gasteiger partial charge is 0.315 e. The van der Waals surface area contributed by atoms with Crippen LogP contribution < -0.4 is 10.2 Å². The average molecular weight is 378 g/mol. The van der Waals surface area contributed by atoms with E-state index in [0.717, 1.165) is 15.8 Å². The van der Waals surface area contributed by atoms with Gasteiger partial charge in [0.15, 0.2) is 16.0 Å². The Morgan fingerprint density at radius 3 is 2.74 bits per heavy atom. The minimum absolute atomic E-state index is 0.0493. The van der Waals surface area contributed by atoms with Gasteiger partial charge in [-0.3, -0.25) is 9.59 Å². The summed E-state index contributed by atoms with van der Waals surface area (Å²) in [6.45, 7) is 6.82. The number of amides is 1. The molecule has 27 heavy (non-hydrogen) atoms. The maximum absolute atomic E-state index is 12.7. The van der Waals surface area contributed by atoms with Crippen LogP contribution in [0.25, 0.3) is 21.2 Å². The Morgan fingerprint density at radius 2 is 1.96 bits per heavy atom. The van der Waals surface area contributed by atoms with Gasteiger partial charge >= 0.3 is 5.91 Å². The van der Waals surface area contributed by atoms with E-state index in [-0.39, 0.29) is 11.2 Å². The molecule has 0 radical (unpaired) electrons. The molecule has 0 saturated heterocycles. The SMILES string of the molecule is CCn1c(=NC(=O)c2cc(=O)c3ccccc3o2)sc2c(C)cc(C)cc21. The summed E-state index contributed by atoms with van der Waals surface area (Å²) in [6.07, 6.45) is 0. The predicted molar refractivity (Wildman–Crippen MR) is 107 cm³/mol. The van der Waals surface area contributed by atoms with E-state index < -0.39 is 5.91 Å². The molecule has 2 heterocycles. The standard InChI is InChI=1S/C21H18N2O3S/c1-4-23-15-10-12(2)9-13(3)19(15)27-21(23)22-20(25)18-11-16(24)14-7-5-6-8-17(14)26-18/h5-11H,4H2,1-3H3. The van der Waals surface area contributed by atoms with Crippen LogP contribution in [-0.2, 0) is 6.54 Å². The van der Waals surface area contributed by atoms with E-state index in [9.17, 15) is 9.59 Å². The van der Waals surface area contributed by atoms with Gasteiger partial charge in [0, 0.05) is 12.6 Å². The second-order valence-corrected chi connectivity index (χ2v) is 7.42. The molecule has 0 N–H and O–H groups in total. The Labute approximate surface area is 159 Å². The number of fused-ring (bicyclic) bond motifs is 2. The molecule has 1 amide bonds. The molecule has 5 nitrogen and oxygen atoms in total. The number of rotatable bonds is 2. The Hall–Kier alpha value is -2.99. The van der Waals surface area contributed by atoms with Crippen LogP contribution in [0.1, 0.15) is 28.6 Å². The van der Waals surface area contributed by atoms with E-state index in [1.165, 1.54) is 23.0 Å². The zero-order valence-corrected chi connectivity index (χ0v) is 16.1. The minimum Gasteiger partial charge on any atom is -0.451 e. The van der Waals surface area contributed by atoms with Gasteiger partial charge in [0.2, 0.25) is 0 Å². The zero-order valence-electron chi connectivity index (χ0n) is 15.3. The number of hydrogen-bond acceptors (Lipinski definition) is 4. The highest BCUT2D eigenvalue weighted by atomic mass is 32.1. The van der Waals surface area contributed by atoms with Crippen molar-refractivity contribution in [2.75, 3.05) is 0 Å². The lowest BCUT2D eigenvalue weighted by Crippen LogP contribution is -2.16. The summed E-state index contributed by atoms with van der Waals surface area (Å²) >= 11 is 1.47. The third kappa shape index (κ3) is 3.02. The van der Waals surface area contributed by atoms with Crippen molar-refractivity contribution < 1.29 is 9.21 Å². The van der Waals surface area contributed by atoms with E-state index in [1.807, 2.05) is 11.5 Å². The van der Waals surface area contributed by atoms with E-state index in [1.54, 1.807) is 24.3 Å². The number of benzene rings is 2. The summed E-state index contributed by atoms with van der Waals surface area (Å²) in [5.74, 6) is -0.604. The summed E-state index contributed by atoms with van der Waals surface area (Å²) in [5.41, 5.74) is 3.52. The summed E-state index contributed by atoms with van der Waals surface area (Å²) in [4.78, 5) is 29.8. The third-order valence-electron chi connectivity index (χ3n) is 4.47. The minimum atomic E-state index is -0.555. The van der Waals surface area contributed by atoms with Crippen molar-refractivity contribution in [3.63, 3.8) is 0 Å². The van der Waals surface area contributed by atoms with Gasteiger partial charge in [-0.2, -0.15) is 4.99 Å². The highest BCUT2D eigenvalue weighted by molar-refractivity contribution is 7.16. The molecule has 0 aliphatic carbocycles. The second kappa shape index (κ2) is 6.63.